The van der Waals surface area contributed by atoms with Crippen LogP contribution >= 0.6 is 0 Å². The maximum Gasteiger partial charge on any atom is 0.376 e. The molecule has 0 saturated heterocycles. The fourth-order valence-corrected chi connectivity index (χ4v) is 3.55. The van der Waals surface area contributed by atoms with Gasteiger partial charge in [-0.15, -0.1) is 0 Å². The Hall–Kier alpha value is -3.74. The van der Waals surface area contributed by atoms with Gasteiger partial charge in [-0.2, -0.15) is 0 Å². The van der Waals surface area contributed by atoms with E-state index in [1.54, 1.807) is 19.1 Å². The first-order valence-corrected chi connectivity index (χ1v) is 10.1. The monoisotopic (exact) mass is 418 g/mol. The number of benzene rings is 2. The normalized spacial score (nSPS) is 11.0. The smallest absolute Gasteiger partial charge is 0.376 e. The Labute approximate surface area is 179 Å². The molecule has 0 spiro atoms. The highest BCUT2D eigenvalue weighted by Gasteiger charge is 2.22. The third-order valence-electron chi connectivity index (χ3n) is 5.19. The topological polar surface area (TPSA) is 69.0 Å². The average Bonchev–Trinajstić information content (AvgIpc) is 2.99. The molecule has 2 aromatic heterocycles. The van der Waals surface area contributed by atoms with Crippen molar-refractivity contribution in [2.45, 2.75) is 27.7 Å². The van der Waals surface area contributed by atoms with E-state index in [0.29, 0.717) is 17.2 Å². The maximum atomic E-state index is 13.7. The predicted molar refractivity (Wildman–Crippen MR) is 119 cm³/mol. The van der Waals surface area contributed by atoms with E-state index < -0.39 is 5.97 Å². The number of carbonyl (C=O) groups excluding carboxylic acids is 1. The van der Waals surface area contributed by atoms with Crippen molar-refractivity contribution in [3.8, 4) is 5.69 Å². The van der Waals surface area contributed by atoms with Crippen molar-refractivity contribution in [2.75, 3.05) is 11.9 Å². The van der Waals surface area contributed by atoms with E-state index in [4.69, 9.17) is 4.74 Å². The number of nitrogens with one attached hydrogen (secondary N) is 1. The van der Waals surface area contributed by atoms with Crippen molar-refractivity contribution in [2.24, 2.45) is 0 Å². The molecule has 0 radical (unpaired) electrons. The molecule has 0 fully saturated rings. The van der Waals surface area contributed by atoms with E-state index in [-0.39, 0.29) is 18.2 Å². The Morgan fingerprint density at radius 2 is 1.84 bits per heavy atom. The number of fused-ring (bicyclic) bond motifs is 1. The number of carbonyl (C=O) groups is 1. The van der Waals surface area contributed by atoms with Crippen LogP contribution in [0.25, 0.3) is 16.7 Å². The summed E-state index contributed by atoms with van der Waals surface area (Å²) in [6.07, 6.45) is 0. The van der Waals surface area contributed by atoms with Gasteiger partial charge in [-0.05, 0) is 63.6 Å². The molecular weight excluding hydrogens is 395 g/mol. The molecule has 2 aromatic carbocycles. The lowest BCUT2D eigenvalue weighted by Crippen LogP contribution is -2.12. The van der Waals surface area contributed by atoms with Crippen molar-refractivity contribution in [1.82, 2.24) is 14.5 Å². The first-order chi connectivity index (χ1) is 14.9. The highest BCUT2D eigenvalue weighted by Crippen LogP contribution is 2.33. The predicted octanol–water partition coefficient (Wildman–Crippen LogP) is 5.41. The summed E-state index contributed by atoms with van der Waals surface area (Å²) < 4.78 is 20.9. The molecule has 0 aliphatic heterocycles. The summed E-state index contributed by atoms with van der Waals surface area (Å²) in [7, 11) is 0. The van der Waals surface area contributed by atoms with Crippen molar-refractivity contribution in [1.29, 1.82) is 0 Å². The number of halogens is 1. The average molecular weight is 418 g/mol. The first kappa shape index (κ1) is 20.5. The van der Waals surface area contributed by atoms with Crippen LogP contribution in [0.15, 0.2) is 48.5 Å². The molecule has 1 N–H and O–H groups in total. The van der Waals surface area contributed by atoms with Crippen molar-refractivity contribution in [3.63, 3.8) is 0 Å². The van der Waals surface area contributed by atoms with Crippen molar-refractivity contribution in [3.05, 3.63) is 77.0 Å². The molecule has 0 bridgehead atoms. The maximum absolute atomic E-state index is 13.7. The Kier molecular flexibility index (Phi) is 5.42. The Balaban J connectivity index is 1.98. The lowest BCUT2D eigenvalue weighted by Gasteiger charge is -2.11. The molecule has 4 aromatic rings. The van der Waals surface area contributed by atoms with Gasteiger partial charge in [0, 0.05) is 17.1 Å². The number of aryl methyl sites for hydroxylation is 2. The van der Waals surface area contributed by atoms with Crippen LogP contribution in [-0.4, -0.2) is 27.1 Å². The zero-order chi connectivity index (χ0) is 22.1. The zero-order valence-corrected chi connectivity index (χ0v) is 17.9. The van der Waals surface area contributed by atoms with Gasteiger partial charge in [-0.1, -0.05) is 23.8 Å². The van der Waals surface area contributed by atoms with Crippen LogP contribution in [0.4, 0.5) is 15.9 Å². The highest BCUT2D eigenvalue weighted by atomic mass is 19.1. The summed E-state index contributed by atoms with van der Waals surface area (Å²) in [5.41, 5.74) is 5.10. The SMILES string of the molecule is CCOC(=O)c1nc(Nc2cccc(F)c2)c2c(C)c(C)n(-c3ccc(C)cc3)c2n1. The molecule has 31 heavy (non-hydrogen) atoms. The van der Waals surface area contributed by atoms with E-state index in [1.165, 1.54) is 12.1 Å². The summed E-state index contributed by atoms with van der Waals surface area (Å²) in [5, 5.41) is 3.91. The van der Waals surface area contributed by atoms with Crippen LogP contribution in [0.1, 0.15) is 34.4 Å². The molecule has 0 amide bonds. The standard InChI is InChI=1S/C24H23FN4O2/c1-5-31-24(30)22-27-21(26-18-8-6-7-17(25)13-18)20-15(3)16(4)29(23(20)28-22)19-11-9-14(2)10-12-19/h6-13H,5H2,1-4H3,(H,26,27,28). The van der Waals surface area contributed by atoms with Gasteiger partial charge in [0.05, 0.1) is 12.0 Å². The van der Waals surface area contributed by atoms with Gasteiger partial charge in [0.15, 0.2) is 5.65 Å². The Morgan fingerprint density at radius 3 is 2.52 bits per heavy atom. The summed E-state index contributed by atoms with van der Waals surface area (Å²) >= 11 is 0. The molecule has 0 aliphatic rings. The number of anilines is 2. The Bertz CT molecular complexity index is 1280. The number of hydrogen-bond acceptors (Lipinski definition) is 5. The molecule has 4 rings (SSSR count). The highest BCUT2D eigenvalue weighted by molar-refractivity contribution is 5.97. The largest absolute Gasteiger partial charge is 0.460 e. The van der Waals surface area contributed by atoms with Crippen LogP contribution in [0.2, 0.25) is 0 Å². The summed E-state index contributed by atoms with van der Waals surface area (Å²) in [6, 6.07) is 14.1. The summed E-state index contributed by atoms with van der Waals surface area (Å²) in [6.45, 7) is 7.94. The molecular formula is C24H23FN4O2. The van der Waals surface area contributed by atoms with E-state index in [1.807, 2.05) is 49.6 Å². The van der Waals surface area contributed by atoms with Gasteiger partial charge in [-0.25, -0.2) is 19.2 Å². The number of hydrogen-bond donors (Lipinski definition) is 1. The number of nitrogens with zero attached hydrogens (tertiary/aromatic N) is 3. The van der Waals surface area contributed by atoms with Gasteiger partial charge in [0.25, 0.3) is 0 Å². The van der Waals surface area contributed by atoms with Gasteiger partial charge < -0.3 is 10.1 Å². The van der Waals surface area contributed by atoms with Gasteiger partial charge in [0.2, 0.25) is 5.82 Å². The lowest BCUT2D eigenvalue weighted by molar-refractivity contribution is 0.0512. The number of rotatable bonds is 5. The van der Waals surface area contributed by atoms with E-state index in [9.17, 15) is 9.18 Å². The van der Waals surface area contributed by atoms with Crippen LogP contribution < -0.4 is 5.32 Å². The van der Waals surface area contributed by atoms with E-state index in [0.717, 1.165) is 27.9 Å². The van der Waals surface area contributed by atoms with Crippen molar-refractivity contribution >= 4 is 28.5 Å². The van der Waals surface area contributed by atoms with E-state index in [2.05, 4.69) is 15.3 Å². The third-order valence-corrected chi connectivity index (χ3v) is 5.19. The number of esters is 1. The van der Waals surface area contributed by atoms with Crippen LogP contribution in [-0.2, 0) is 4.74 Å². The van der Waals surface area contributed by atoms with Crippen molar-refractivity contribution < 1.29 is 13.9 Å². The second-order valence-electron chi connectivity index (χ2n) is 7.33. The molecule has 0 saturated carbocycles. The fourth-order valence-electron chi connectivity index (χ4n) is 3.55. The first-order valence-electron chi connectivity index (χ1n) is 10.1. The van der Waals surface area contributed by atoms with Crippen LogP contribution in [0.3, 0.4) is 0 Å². The minimum absolute atomic E-state index is 0.0564. The summed E-state index contributed by atoms with van der Waals surface area (Å²) in [5.74, 6) is -0.617. The number of aromatic nitrogens is 3. The quantitative estimate of drug-likeness (QED) is 0.439. The molecule has 0 atom stereocenters. The second-order valence-corrected chi connectivity index (χ2v) is 7.33. The van der Waals surface area contributed by atoms with Gasteiger partial charge >= 0.3 is 5.97 Å². The minimum Gasteiger partial charge on any atom is -0.460 e. The third kappa shape index (κ3) is 3.86. The Morgan fingerprint density at radius 1 is 1.10 bits per heavy atom. The van der Waals surface area contributed by atoms with Crippen LogP contribution in [0.5, 0.6) is 0 Å². The molecule has 0 unspecified atom stereocenters. The van der Waals surface area contributed by atoms with E-state index >= 15 is 0 Å². The number of ether oxygens (including phenoxy) is 1. The van der Waals surface area contributed by atoms with Crippen LogP contribution in [0, 0.1) is 26.6 Å². The second kappa shape index (κ2) is 8.18. The molecule has 158 valence electrons. The van der Waals surface area contributed by atoms with Gasteiger partial charge in [0.1, 0.15) is 11.6 Å². The summed E-state index contributed by atoms with van der Waals surface area (Å²) in [4.78, 5) is 21.5. The molecule has 7 heteroatoms. The van der Waals surface area contributed by atoms with Gasteiger partial charge in [-0.3, -0.25) is 4.57 Å². The lowest BCUT2D eigenvalue weighted by atomic mass is 10.2. The zero-order valence-electron chi connectivity index (χ0n) is 17.9. The minimum atomic E-state index is -0.612. The molecule has 2 heterocycles. The molecule has 0 aliphatic carbocycles. The molecule has 6 nitrogen and oxygen atoms in total. The fraction of sp³-hybridized carbons (Fsp3) is 0.208.